The molecule has 0 heterocycles. The Morgan fingerprint density at radius 3 is 2.11 bits per heavy atom. The Labute approximate surface area is 122 Å². The van der Waals surface area contributed by atoms with E-state index in [1.54, 1.807) is 13.0 Å². The zero-order valence-corrected chi connectivity index (χ0v) is 13.3. The van der Waals surface area contributed by atoms with Crippen LogP contribution in [-0.2, 0) is 0 Å². The normalized spacial score (nSPS) is 12.5. The minimum Gasteiger partial charge on any atom is -0.206 e. The van der Waals surface area contributed by atoms with Gasteiger partial charge in [-0.15, -0.1) is 0 Å². The Morgan fingerprint density at radius 1 is 0.947 bits per heavy atom. The highest BCUT2D eigenvalue weighted by Gasteiger charge is 2.19. The van der Waals surface area contributed by atoms with E-state index in [2.05, 4.69) is 48.8 Å². The van der Waals surface area contributed by atoms with E-state index in [-0.39, 0.29) is 10.6 Å². The fraction of sp³-hybridized carbons (Fsp3) is 0.294. The zero-order chi connectivity index (χ0) is 14.2. The lowest BCUT2D eigenvalue weighted by Gasteiger charge is -2.18. The first-order chi connectivity index (χ1) is 8.91. The number of hydrogen-bond donors (Lipinski definition) is 0. The molecule has 0 N–H and O–H groups in total. The fourth-order valence-corrected chi connectivity index (χ4v) is 3.69. The van der Waals surface area contributed by atoms with E-state index in [1.807, 2.05) is 12.1 Å². The smallest absolute Gasteiger partial charge is 0.130 e. The van der Waals surface area contributed by atoms with Crippen LogP contribution in [0.4, 0.5) is 4.39 Å². The van der Waals surface area contributed by atoms with Crippen LogP contribution < -0.4 is 0 Å². The lowest BCUT2D eigenvalue weighted by atomic mass is 9.93. The number of halogens is 2. The van der Waals surface area contributed by atoms with Crippen LogP contribution >= 0.6 is 15.9 Å². The zero-order valence-electron chi connectivity index (χ0n) is 11.7. The first-order valence-electron chi connectivity index (χ1n) is 6.38. The highest BCUT2D eigenvalue weighted by atomic mass is 79.9. The van der Waals surface area contributed by atoms with Crippen molar-refractivity contribution < 1.29 is 4.39 Å². The van der Waals surface area contributed by atoms with Gasteiger partial charge >= 0.3 is 0 Å². The van der Waals surface area contributed by atoms with Gasteiger partial charge < -0.3 is 0 Å². The lowest BCUT2D eigenvalue weighted by molar-refractivity contribution is 0.604. The van der Waals surface area contributed by atoms with Gasteiger partial charge in [0.25, 0.3) is 0 Å². The summed E-state index contributed by atoms with van der Waals surface area (Å²) in [4.78, 5) is -0.104. The molecule has 0 aromatic heterocycles. The summed E-state index contributed by atoms with van der Waals surface area (Å²) in [6.07, 6.45) is 0. The molecule has 100 valence electrons. The van der Waals surface area contributed by atoms with Crippen molar-refractivity contribution >= 4 is 15.9 Å². The third-order valence-corrected chi connectivity index (χ3v) is 4.44. The quantitative estimate of drug-likeness (QED) is 0.637. The Bertz CT molecular complexity index is 594. The second-order valence-electron chi connectivity index (χ2n) is 5.15. The predicted octanol–water partition coefficient (Wildman–Crippen LogP) is 5.54. The molecule has 0 radical (unpaired) electrons. The molecule has 0 aliphatic rings. The molecule has 0 spiro atoms. The molecule has 2 aromatic rings. The van der Waals surface area contributed by atoms with Crippen LogP contribution in [0.15, 0.2) is 30.3 Å². The largest absolute Gasteiger partial charge is 0.206 e. The van der Waals surface area contributed by atoms with Crippen molar-refractivity contribution in [3.63, 3.8) is 0 Å². The first kappa shape index (κ1) is 14.3. The lowest BCUT2D eigenvalue weighted by Crippen LogP contribution is -2.03. The molecule has 1 atom stereocenters. The Balaban J connectivity index is 2.56. The first-order valence-corrected chi connectivity index (χ1v) is 7.30. The van der Waals surface area contributed by atoms with Gasteiger partial charge in [-0.3, -0.25) is 0 Å². The second kappa shape index (κ2) is 5.46. The van der Waals surface area contributed by atoms with Crippen LogP contribution in [0, 0.1) is 33.5 Å². The molecule has 0 saturated heterocycles. The molecular formula is C17H18BrF. The molecular weight excluding hydrogens is 303 g/mol. The van der Waals surface area contributed by atoms with Crippen LogP contribution in [0.3, 0.4) is 0 Å². The highest BCUT2D eigenvalue weighted by molar-refractivity contribution is 9.09. The molecule has 2 rings (SSSR count). The Hall–Kier alpha value is -1.15. The molecule has 0 nitrogen and oxygen atoms in total. The summed E-state index contributed by atoms with van der Waals surface area (Å²) in [6, 6.07) is 9.84. The monoisotopic (exact) mass is 320 g/mol. The van der Waals surface area contributed by atoms with Crippen LogP contribution in [0.5, 0.6) is 0 Å². The Morgan fingerprint density at radius 2 is 1.53 bits per heavy atom. The van der Waals surface area contributed by atoms with Crippen LogP contribution in [0.25, 0.3) is 0 Å². The maximum Gasteiger partial charge on any atom is 0.130 e. The summed E-state index contributed by atoms with van der Waals surface area (Å²) >= 11 is 3.67. The van der Waals surface area contributed by atoms with Crippen LogP contribution in [0.2, 0.25) is 0 Å². The SMILES string of the molecule is Cc1cc(C)c(C(Br)c2cccc(C)c2F)c(C)c1. The molecule has 2 aromatic carbocycles. The van der Waals surface area contributed by atoms with Crippen LogP contribution in [-0.4, -0.2) is 0 Å². The summed E-state index contributed by atoms with van der Waals surface area (Å²) in [5.41, 5.74) is 6.18. The molecule has 19 heavy (non-hydrogen) atoms. The summed E-state index contributed by atoms with van der Waals surface area (Å²) in [6.45, 7) is 8.04. The van der Waals surface area contributed by atoms with Gasteiger partial charge in [-0.25, -0.2) is 4.39 Å². The maximum atomic E-state index is 14.3. The molecule has 2 heteroatoms. The van der Waals surface area contributed by atoms with E-state index in [9.17, 15) is 4.39 Å². The summed E-state index contributed by atoms with van der Waals surface area (Å²) in [5, 5.41) is 0. The van der Waals surface area contributed by atoms with E-state index in [0.29, 0.717) is 11.1 Å². The minimum atomic E-state index is -0.122. The van der Waals surface area contributed by atoms with Gasteiger partial charge in [0.05, 0.1) is 4.83 Å². The van der Waals surface area contributed by atoms with Gasteiger partial charge in [-0.1, -0.05) is 51.8 Å². The van der Waals surface area contributed by atoms with E-state index in [0.717, 1.165) is 5.56 Å². The predicted molar refractivity (Wildman–Crippen MR) is 82.6 cm³/mol. The minimum absolute atomic E-state index is 0.104. The third-order valence-electron chi connectivity index (χ3n) is 3.49. The number of aryl methyl sites for hydroxylation is 4. The summed E-state index contributed by atoms with van der Waals surface area (Å²) in [5.74, 6) is -0.122. The molecule has 1 unspecified atom stereocenters. The van der Waals surface area contributed by atoms with E-state index in [4.69, 9.17) is 0 Å². The van der Waals surface area contributed by atoms with Crippen molar-refractivity contribution in [2.75, 3.05) is 0 Å². The Kier molecular flexibility index (Phi) is 4.10. The highest BCUT2D eigenvalue weighted by Crippen LogP contribution is 2.37. The number of hydrogen-bond acceptors (Lipinski definition) is 0. The molecule has 0 fully saturated rings. The van der Waals surface area contributed by atoms with Crippen molar-refractivity contribution in [2.45, 2.75) is 32.5 Å². The molecule has 0 amide bonds. The summed E-state index contributed by atoms with van der Waals surface area (Å²) in [7, 11) is 0. The molecule has 0 bridgehead atoms. The van der Waals surface area contributed by atoms with Crippen LogP contribution in [0.1, 0.15) is 38.2 Å². The van der Waals surface area contributed by atoms with Crippen molar-refractivity contribution in [1.29, 1.82) is 0 Å². The van der Waals surface area contributed by atoms with Gasteiger partial charge in [0.15, 0.2) is 0 Å². The van der Waals surface area contributed by atoms with Gasteiger partial charge in [0, 0.05) is 5.56 Å². The molecule has 0 aliphatic heterocycles. The average Bonchev–Trinajstić information content (AvgIpc) is 2.31. The fourth-order valence-electron chi connectivity index (χ4n) is 2.61. The summed E-state index contributed by atoms with van der Waals surface area (Å²) < 4.78 is 14.3. The number of rotatable bonds is 2. The van der Waals surface area contributed by atoms with Crippen molar-refractivity contribution in [2.24, 2.45) is 0 Å². The topological polar surface area (TPSA) is 0 Å². The van der Waals surface area contributed by atoms with Crippen molar-refractivity contribution in [1.82, 2.24) is 0 Å². The van der Waals surface area contributed by atoms with Gasteiger partial charge in [-0.2, -0.15) is 0 Å². The van der Waals surface area contributed by atoms with Gasteiger partial charge in [0.1, 0.15) is 5.82 Å². The number of benzene rings is 2. The van der Waals surface area contributed by atoms with E-state index < -0.39 is 0 Å². The van der Waals surface area contributed by atoms with Crippen molar-refractivity contribution in [3.05, 3.63) is 69.5 Å². The van der Waals surface area contributed by atoms with E-state index >= 15 is 0 Å². The maximum absolute atomic E-state index is 14.3. The van der Waals surface area contributed by atoms with Gasteiger partial charge in [-0.05, 0) is 49.9 Å². The van der Waals surface area contributed by atoms with Gasteiger partial charge in [0.2, 0.25) is 0 Å². The van der Waals surface area contributed by atoms with E-state index in [1.165, 1.54) is 16.7 Å². The number of alkyl halides is 1. The molecule has 0 aliphatic carbocycles. The third kappa shape index (κ3) is 2.74. The second-order valence-corrected chi connectivity index (χ2v) is 6.07. The standard InChI is InChI=1S/C17H18BrF/c1-10-8-12(3)15(13(4)9-10)16(18)14-7-5-6-11(2)17(14)19/h5-9,16H,1-4H3. The molecule has 0 saturated carbocycles. The van der Waals surface area contributed by atoms with Crippen molar-refractivity contribution in [3.8, 4) is 0 Å². The average molecular weight is 321 g/mol.